The number of anilines is 1. The predicted molar refractivity (Wildman–Crippen MR) is 68.9 cm³/mol. The van der Waals surface area contributed by atoms with E-state index in [0.717, 1.165) is 4.90 Å². The molecule has 100 valence electrons. The number of aromatic nitrogens is 1. The second-order valence-electron chi connectivity index (χ2n) is 4.17. The number of carboxylic acids is 1. The summed E-state index contributed by atoms with van der Waals surface area (Å²) in [6, 6.07) is 0. The Kier molecular flexibility index (Phi) is 3.75. The van der Waals surface area contributed by atoms with Crippen molar-refractivity contribution in [3.63, 3.8) is 0 Å². The first-order valence-corrected chi connectivity index (χ1v) is 6.60. The lowest BCUT2D eigenvalue weighted by molar-refractivity contribution is -0.137. The molecular weight excluding hydrogens is 268 g/mol. The summed E-state index contributed by atoms with van der Waals surface area (Å²) in [5, 5.41) is 10.6. The molecule has 1 aromatic rings. The number of rotatable bonds is 5. The molecule has 0 atom stereocenters. The van der Waals surface area contributed by atoms with E-state index in [1.165, 1.54) is 17.4 Å². The molecule has 0 saturated carbocycles. The van der Waals surface area contributed by atoms with Crippen molar-refractivity contribution in [2.45, 2.75) is 26.2 Å². The highest BCUT2D eigenvalue weighted by atomic mass is 32.1. The summed E-state index contributed by atoms with van der Waals surface area (Å²) >= 11 is 1.21. The van der Waals surface area contributed by atoms with E-state index >= 15 is 0 Å². The number of hydrogen-bond acceptors (Lipinski definition) is 5. The molecule has 0 aromatic carbocycles. The van der Waals surface area contributed by atoms with Crippen molar-refractivity contribution in [2.24, 2.45) is 0 Å². The van der Waals surface area contributed by atoms with Gasteiger partial charge in [-0.15, -0.1) is 11.3 Å². The molecule has 0 bridgehead atoms. The number of amides is 2. The van der Waals surface area contributed by atoms with Crippen molar-refractivity contribution in [1.29, 1.82) is 0 Å². The molecule has 1 aliphatic heterocycles. The Morgan fingerprint density at radius 3 is 2.79 bits per heavy atom. The van der Waals surface area contributed by atoms with Gasteiger partial charge in [0.15, 0.2) is 5.13 Å². The molecule has 1 N–H and O–H groups in total. The molecule has 19 heavy (non-hydrogen) atoms. The normalized spacial score (nSPS) is 15.0. The number of carbonyl (C=O) groups is 3. The average Bonchev–Trinajstić information content (AvgIpc) is 2.85. The molecule has 1 aromatic heterocycles. The van der Waals surface area contributed by atoms with Gasteiger partial charge in [0.25, 0.3) is 11.8 Å². The Labute approximate surface area is 113 Å². The van der Waals surface area contributed by atoms with Crippen molar-refractivity contribution >= 4 is 34.3 Å². The van der Waals surface area contributed by atoms with Crippen LogP contribution in [-0.4, -0.2) is 27.9 Å². The maximum absolute atomic E-state index is 11.8. The maximum atomic E-state index is 11.8. The first kappa shape index (κ1) is 13.4. The van der Waals surface area contributed by atoms with Crippen LogP contribution < -0.4 is 4.90 Å². The van der Waals surface area contributed by atoms with E-state index in [4.69, 9.17) is 5.11 Å². The van der Waals surface area contributed by atoms with Crippen LogP contribution in [0.15, 0.2) is 17.0 Å². The molecule has 1 aliphatic rings. The van der Waals surface area contributed by atoms with Gasteiger partial charge in [0.2, 0.25) is 0 Å². The third kappa shape index (κ3) is 2.87. The lowest BCUT2D eigenvalue weighted by atomic mass is 10.2. The van der Waals surface area contributed by atoms with Crippen LogP contribution in [-0.2, 0) is 20.8 Å². The second-order valence-corrected chi connectivity index (χ2v) is 5.01. The third-order valence-corrected chi connectivity index (χ3v) is 3.53. The number of carbonyl (C=O) groups excluding carboxylic acids is 2. The lowest BCUT2D eigenvalue weighted by Gasteiger charge is -2.09. The van der Waals surface area contributed by atoms with Crippen LogP contribution in [0.5, 0.6) is 0 Å². The maximum Gasteiger partial charge on any atom is 0.303 e. The smallest absolute Gasteiger partial charge is 0.303 e. The number of nitrogens with zero attached hydrogens (tertiary/aromatic N) is 2. The average molecular weight is 280 g/mol. The summed E-state index contributed by atoms with van der Waals surface area (Å²) in [4.78, 5) is 39.0. The van der Waals surface area contributed by atoms with Crippen LogP contribution in [0.2, 0.25) is 0 Å². The topological polar surface area (TPSA) is 87.6 Å². The molecule has 7 heteroatoms. The Morgan fingerprint density at radius 2 is 2.21 bits per heavy atom. The standard InChI is InChI=1S/C12H12N2O4S/c1-7-5-9(15)14(11(7)18)12-13-8(6-19-12)3-2-4-10(16)17/h5-6H,2-4H2,1H3,(H,16,17). The minimum atomic E-state index is -0.847. The quantitative estimate of drug-likeness (QED) is 0.823. The predicted octanol–water partition coefficient (Wildman–Crippen LogP) is 1.37. The summed E-state index contributed by atoms with van der Waals surface area (Å²) in [6.07, 6.45) is 2.37. The summed E-state index contributed by atoms with van der Waals surface area (Å²) in [7, 11) is 0. The van der Waals surface area contributed by atoms with Crippen LogP contribution in [0.25, 0.3) is 0 Å². The van der Waals surface area contributed by atoms with Crippen LogP contribution in [0, 0.1) is 0 Å². The molecule has 0 unspecified atom stereocenters. The van der Waals surface area contributed by atoms with Crippen LogP contribution in [0.1, 0.15) is 25.5 Å². The highest BCUT2D eigenvalue weighted by molar-refractivity contribution is 7.14. The van der Waals surface area contributed by atoms with Gasteiger partial charge in [-0.25, -0.2) is 9.88 Å². The van der Waals surface area contributed by atoms with Crippen LogP contribution in [0.4, 0.5) is 5.13 Å². The molecule has 0 aliphatic carbocycles. The Morgan fingerprint density at radius 1 is 1.47 bits per heavy atom. The van der Waals surface area contributed by atoms with E-state index in [0.29, 0.717) is 29.2 Å². The number of carboxylic acid groups (broad SMARTS) is 1. The summed E-state index contributed by atoms with van der Waals surface area (Å²) in [5.74, 6) is -1.58. The van der Waals surface area contributed by atoms with Gasteiger partial charge in [0, 0.05) is 23.5 Å². The van der Waals surface area contributed by atoms with Crippen LogP contribution in [0.3, 0.4) is 0 Å². The van der Waals surface area contributed by atoms with Crippen molar-refractivity contribution in [3.05, 3.63) is 22.7 Å². The van der Waals surface area contributed by atoms with Gasteiger partial charge in [-0.1, -0.05) is 0 Å². The first-order valence-electron chi connectivity index (χ1n) is 5.72. The molecule has 2 amide bonds. The molecule has 0 spiro atoms. The van der Waals surface area contributed by atoms with Crippen molar-refractivity contribution in [2.75, 3.05) is 4.90 Å². The minimum Gasteiger partial charge on any atom is -0.481 e. The van der Waals surface area contributed by atoms with Gasteiger partial charge in [0.1, 0.15) is 0 Å². The lowest BCUT2D eigenvalue weighted by Crippen LogP contribution is -2.30. The van der Waals surface area contributed by atoms with Gasteiger partial charge < -0.3 is 5.11 Å². The minimum absolute atomic E-state index is 0.0785. The fourth-order valence-electron chi connectivity index (χ4n) is 1.70. The Bertz CT molecular complexity index is 576. The summed E-state index contributed by atoms with van der Waals surface area (Å²) in [6.45, 7) is 1.58. The second kappa shape index (κ2) is 5.31. The first-order chi connectivity index (χ1) is 8.99. The van der Waals surface area contributed by atoms with Gasteiger partial charge in [0.05, 0.1) is 5.69 Å². The van der Waals surface area contributed by atoms with E-state index in [9.17, 15) is 14.4 Å². The summed E-state index contributed by atoms with van der Waals surface area (Å²) < 4.78 is 0. The Balaban J connectivity index is 2.04. The van der Waals surface area contributed by atoms with E-state index in [1.54, 1.807) is 12.3 Å². The zero-order chi connectivity index (χ0) is 14.0. The molecule has 2 rings (SSSR count). The number of hydrogen-bond donors (Lipinski definition) is 1. The highest BCUT2D eigenvalue weighted by Crippen LogP contribution is 2.26. The van der Waals surface area contributed by atoms with Gasteiger partial charge in [-0.3, -0.25) is 14.4 Å². The Hall–Kier alpha value is -2.02. The van der Waals surface area contributed by atoms with Crippen molar-refractivity contribution < 1.29 is 19.5 Å². The monoisotopic (exact) mass is 280 g/mol. The summed E-state index contributed by atoms with van der Waals surface area (Å²) in [5.41, 5.74) is 1.10. The van der Waals surface area contributed by atoms with E-state index in [-0.39, 0.29) is 18.2 Å². The van der Waals surface area contributed by atoms with Gasteiger partial charge >= 0.3 is 5.97 Å². The number of imide groups is 1. The van der Waals surface area contributed by atoms with Crippen LogP contribution >= 0.6 is 11.3 Å². The van der Waals surface area contributed by atoms with Gasteiger partial charge in [-0.05, 0) is 19.8 Å². The van der Waals surface area contributed by atoms with E-state index < -0.39 is 5.97 Å². The molecule has 2 heterocycles. The number of aryl methyl sites for hydroxylation is 1. The third-order valence-electron chi connectivity index (χ3n) is 2.66. The molecular formula is C12H12N2O4S. The zero-order valence-corrected chi connectivity index (χ0v) is 11.1. The SMILES string of the molecule is CC1=CC(=O)N(c2nc(CCCC(=O)O)cs2)C1=O. The fraction of sp³-hybridized carbons (Fsp3) is 0.333. The van der Waals surface area contributed by atoms with E-state index in [1.807, 2.05) is 0 Å². The largest absolute Gasteiger partial charge is 0.481 e. The zero-order valence-electron chi connectivity index (χ0n) is 10.3. The van der Waals surface area contributed by atoms with Crippen molar-refractivity contribution in [3.8, 4) is 0 Å². The van der Waals surface area contributed by atoms with Crippen molar-refractivity contribution in [1.82, 2.24) is 4.98 Å². The molecule has 0 saturated heterocycles. The molecule has 0 radical (unpaired) electrons. The molecule has 0 fully saturated rings. The van der Waals surface area contributed by atoms with E-state index in [2.05, 4.69) is 4.98 Å². The molecule has 6 nitrogen and oxygen atoms in total. The fourth-order valence-corrected chi connectivity index (χ4v) is 2.56. The highest BCUT2D eigenvalue weighted by Gasteiger charge is 2.31. The number of aliphatic carboxylic acids is 1. The number of thiazole rings is 1. The van der Waals surface area contributed by atoms with Gasteiger partial charge in [-0.2, -0.15) is 0 Å².